The van der Waals surface area contributed by atoms with Gasteiger partial charge in [0, 0.05) is 31.2 Å². The van der Waals surface area contributed by atoms with Gasteiger partial charge >= 0.3 is 0 Å². The molecule has 32 heavy (non-hydrogen) atoms. The summed E-state index contributed by atoms with van der Waals surface area (Å²) in [4.78, 5) is 26.9. The van der Waals surface area contributed by atoms with Crippen LogP contribution >= 0.6 is 0 Å². The van der Waals surface area contributed by atoms with Crippen LogP contribution in [0.5, 0.6) is 0 Å². The first-order chi connectivity index (χ1) is 15.2. The summed E-state index contributed by atoms with van der Waals surface area (Å²) in [5.74, 6) is -0.127. The van der Waals surface area contributed by atoms with Crippen molar-refractivity contribution in [2.24, 2.45) is 5.92 Å². The Labute approximate surface area is 189 Å². The lowest BCUT2D eigenvalue weighted by Crippen LogP contribution is -2.38. The molecule has 1 saturated carbocycles. The highest BCUT2D eigenvalue weighted by molar-refractivity contribution is 7.89. The Hall–Kier alpha value is -2.71. The number of amides is 2. The van der Waals surface area contributed by atoms with Gasteiger partial charge in [0.25, 0.3) is 0 Å². The maximum Gasteiger partial charge on any atom is 0.243 e. The molecule has 0 spiro atoms. The number of likely N-dealkylation sites (N-methyl/N-ethyl adjacent to an activating group) is 1. The number of anilines is 1. The van der Waals surface area contributed by atoms with E-state index in [-0.39, 0.29) is 35.2 Å². The summed E-state index contributed by atoms with van der Waals surface area (Å²) >= 11 is 0. The molecule has 1 heterocycles. The Morgan fingerprint density at radius 2 is 1.81 bits per heavy atom. The van der Waals surface area contributed by atoms with E-state index in [1.165, 1.54) is 13.1 Å². The van der Waals surface area contributed by atoms with E-state index in [0.29, 0.717) is 13.0 Å². The van der Waals surface area contributed by atoms with Gasteiger partial charge in [-0.2, -0.15) is 4.31 Å². The molecule has 7 nitrogen and oxygen atoms in total. The molecule has 2 aliphatic rings. The van der Waals surface area contributed by atoms with E-state index < -0.39 is 10.0 Å². The third-order valence-corrected chi connectivity index (χ3v) is 7.91. The molecule has 1 N–H and O–H groups in total. The first-order valence-corrected chi connectivity index (χ1v) is 12.4. The number of aryl methyl sites for hydroxylation is 1. The highest BCUT2D eigenvalue weighted by Crippen LogP contribution is 2.39. The number of hydrogen-bond acceptors (Lipinski definition) is 4. The van der Waals surface area contributed by atoms with E-state index in [1.807, 2.05) is 43.0 Å². The average molecular weight is 456 g/mol. The van der Waals surface area contributed by atoms with Crippen molar-refractivity contribution in [2.45, 2.75) is 50.6 Å². The molecule has 1 atom stereocenters. The summed E-state index contributed by atoms with van der Waals surface area (Å²) in [7, 11) is -2.43. The Bertz CT molecular complexity index is 1140. The van der Waals surface area contributed by atoms with Crippen LogP contribution in [-0.2, 0) is 32.6 Å². The minimum absolute atomic E-state index is 0.0151. The zero-order valence-electron chi connectivity index (χ0n) is 18.7. The third kappa shape index (κ3) is 4.56. The van der Waals surface area contributed by atoms with E-state index >= 15 is 0 Å². The van der Waals surface area contributed by atoms with Gasteiger partial charge in [0.15, 0.2) is 0 Å². The van der Waals surface area contributed by atoms with Gasteiger partial charge in [-0.1, -0.05) is 29.8 Å². The molecule has 1 fully saturated rings. The van der Waals surface area contributed by atoms with Crippen LogP contribution in [0.1, 0.15) is 36.5 Å². The summed E-state index contributed by atoms with van der Waals surface area (Å²) in [5, 5.41) is 2.77. The fraction of sp³-hybridized carbons (Fsp3) is 0.417. The normalized spacial score (nSPS) is 18.0. The molecular weight excluding hydrogens is 426 g/mol. The fourth-order valence-corrected chi connectivity index (χ4v) is 5.24. The van der Waals surface area contributed by atoms with Gasteiger partial charge in [0.1, 0.15) is 0 Å². The molecule has 0 unspecified atom stereocenters. The van der Waals surface area contributed by atoms with Crippen molar-refractivity contribution >= 4 is 27.5 Å². The van der Waals surface area contributed by atoms with E-state index in [1.54, 1.807) is 12.1 Å². The SMILES string of the molecule is Cc1ccc(CNC(=O)CN(C)S(=O)(=O)c2ccc3c(c2)C[C@@H](C)N3C(=O)C2CC2)cc1. The number of fused-ring (bicyclic) bond motifs is 1. The second-order valence-electron chi connectivity index (χ2n) is 8.85. The minimum atomic E-state index is -3.83. The number of nitrogens with zero attached hydrogens (tertiary/aromatic N) is 2. The smallest absolute Gasteiger partial charge is 0.243 e. The summed E-state index contributed by atoms with van der Waals surface area (Å²) in [5.41, 5.74) is 3.74. The van der Waals surface area contributed by atoms with Gasteiger partial charge in [0.05, 0.1) is 11.4 Å². The minimum Gasteiger partial charge on any atom is -0.351 e. The van der Waals surface area contributed by atoms with Crippen LogP contribution in [0.15, 0.2) is 47.4 Å². The largest absolute Gasteiger partial charge is 0.351 e. The van der Waals surface area contributed by atoms with Crippen molar-refractivity contribution in [1.29, 1.82) is 0 Å². The standard InChI is InChI=1S/C24H29N3O4S/c1-16-4-6-18(7-5-16)14-25-23(28)15-26(3)32(30,31)21-10-11-22-20(13-21)12-17(2)27(22)24(29)19-8-9-19/h4-7,10-11,13,17,19H,8-9,12,14-15H2,1-3H3,(H,25,28)/t17-/m1/s1. The van der Waals surface area contributed by atoms with Crippen LogP contribution in [0.25, 0.3) is 0 Å². The van der Waals surface area contributed by atoms with Crippen LogP contribution in [-0.4, -0.2) is 44.2 Å². The molecule has 2 aromatic rings. The van der Waals surface area contributed by atoms with Crippen LogP contribution in [0.4, 0.5) is 5.69 Å². The van der Waals surface area contributed by atoms with E-state index in [9.17, 15) is 18.0 Å². The zero-order valence-corrected chi connectivity index (χ0v) is 19.5. The summed E-state index contributed by atoms with van der Waals surface area (Å²) < 4.78 is 27.2. The van der Waals surface area contributed by atoms with Crippen LogP contribution in [0, 0.1) is 12.8 Å². The highest BCUT2D eigenvalue weighted by Gasteiger charge is 2.40. The van der Waals surface area contributed by atoms with Crippen molar-refractivity contribution in [3.63, 3.8) is 0 Å². The average Bonchev–Trinajstić information content (AvgIpc) is 3.54. The quantitative estimate of drug-likeness (QED) is 0.695. The molecule has 0 bridgehead atoms. The van der Waals surface area contributed by atoms with Crippen molar-refractivity contribution in [2.75, 3.05) is 18.5 Å². The van der Waals surface area contributed by atoms with Crippen molar-refractivity contribution < 1.29 is 18.0 Å². The predicted molar refractivity (Wildman–Crippen MR) is 123 cm³/mol. The number of rotatable bonds is 7. The number of benzene rings is 2. The maximum absolute atomic E-state index is 13.1. The van der Waals surface area contributed by atoms with Crippen molar-refractivity contribution in [3.05, 3.63) is 59.2 Å². The van der Waals surface area contributed by atoms with Gasteiger partial charge in [0.2, 0.25) is 21.8 Å². The van der Waals surface area contributed by atoms with Gasteiger partial charge in [-0.05, 0) is 62.4 Å². The Morgan fingerprint density at radius 1 is 1.12 bits per heavy atom. The number of hydrogen-bond donors (Lipinski definition) is 1. The van der Waals surface area contributed by atoms with Gasteiger partial charge in [-0.3, -0.25) is 9.59 Å². The Morgan fingerprint density at radius 3 is 2.47 bits per heavy atom. The molecule has 0 saturated heterocycles. The lowest BCUT2D eigenvalue weighted by atomic mass is 10.1. The fourth-order valence-electron chi connectivity index (χ4n) is 4.06. The Balaban J connectivity index is 1.42. The molecule has 1 aliphatic carbocycles. The lowest BCUT2D eigenvalue weighted by molar-refractivity contribution is -0.121. The van der Waals surface area contributed by atoms with Crippen LogP contribution in [0.2, 0.25) is 0 Å². The molecule has 1 aliphatic heterocycles. The predicted octanol–water partition coefficient (Wildman–Crippen LogP) is 2.62. The second-order valence-corrected chi connectivity index (χ2v) is 10.9. The van der Waals surface area contributed by atoms with E-state index in [4.69, 9.17) is 0 Å². The summed E-state index contributed by atoms with van der Waals surface area (Å²) in [6.45, 7) is 4.05. The molecule has 0 aromatic heterocycles. The Kier molecular flexibility index (Phi) is 6.09. The molecule has 0 radical (unpaired) electrons. The molecule has 2 amide bonds. The molecule has 8 heteroatoms. The van der Waals surface area contributed by atoms with Crippen molar-refractivity contribution in [3.8, 4) is 0 Å². The molecule has 2 aromatic carbocycles. The summed E-state index contributed by atoms with van der Waals surface area (Å²) in [6, 6.07) is 12.7. The second kappa shape index (κ2) is 8.67. The zero-order chi connectivity index (χ0) is 23.0. The number of carbonyl (C=O) groups is 2. The first-order valence-electron chi connectivity index (χ1n) is 10.9. The van der Waals surface area contributed by atoms with E-state index in [0.717, 1.165) is 39.5 Å². The third-order valence-electron chi connectivity index (χ3n) is 6.12. The van der Waals surface area contributed by atoms with Gasteiger partial charge in [-0.25, -0.2) is 8.42 Å². The monoisotopic (exact) mass is 455 g/mol. The molecule has 4 rings (SSSR count). The summed E-state index contributed by atoms with van der Waals surface area (Å²) in [6.07, 6.45) is 2.49. The maximum atomic E-state index is 13.1. The lowest BCUT2D eigenvalue weighted by Gasteiger charge is -2.23. The van der Waals surface area contributed by atoms with Gasteiger partial charge in [-0.15, -0.1) is 0 Å². The topological polar surface area (TPSA) is 86.8 Å². The first kappa shape index (κ1) is 22.5. The van der Waals surface area contributed by atoms with Crippen LogP contribution < -0.4 is 10.2 Å². The number of sulfonamides is 1. The highest BCUT2D eigenvalue weighted by atomic mass is 32.2. The molecular formula is C24H29N3O4S. The van der Waals surface area contributed by atoms with Crippen molar-refractivity contribution in [1.82, 2.24) is 9.62 Å². The molecule has 170 valence electrons. The van der Waals surface area contributed by atoms with Crippen LogP contribution in [0.3, 0.4) is 0 Å². The number of carbonyl (C=O) groups excluding carboxylic acids is 2. The van der Waals surface area contributed by atoms with Gasteiger partial charge < -0.3 is 10.2 Å². The number of nitrogens with one attached hydrogen (secondary N) is 1. The van der Waals surface area contributed by atoms with E-state index in [2.05, 4.69) is 5.32 Å².